The second kappa shape index (κ2) is 9.29. The number of rotatable bonds is 8. The molecule has 10 heteroatoms. The van der Waals surface area contributed by atoms with E-state index in [1.165, 1.54) is 11.8 Å². The van der Waals surface area contributed by atoms with Gasteiger partial charge in [-0.15, -0.1) is 0 Å². The molecule has 0 unspecified atom stereocenters. The summed E-state index contributed by atoms with van der Waals surface area (Å²) in [6.07, 6.45) is 0. The molecule has 0 saturated heterocycles. The molecule has 0 bridgehead atoms. The Morgan fingerprint density at radius 1 is 1.13 bits per heavy atom. The van der Waals surface area contributed by atoms with E-state index in [2.05, 4.69) is 25.5 Å². The SMILES string of the molecule is CB(O)NCCNc1nc(Cl)nc(SCc2ccc(Cl)cc2)n1. The first kappa shape index (κ1) is 18.3. The minimum Gasteiger partial charge on any atom is -0.437 e. The Morgan fingerprint density at radius 3 is 2.57 bits per heavy atom. The van der Waals surface area contributed by atoms with Crippen molar-refractivity contribution < 1.29 is 5.02 Å². The van der Waals surface area contributed by atoms with Crippen molar-refractivity contribution in [1.82, 2.24) is 20.2 Å². The zero-order valence-electron chi connectivity index (χ0n) is 12.5. The molecule has 122 valence electrons. The van der Waals surface area contributed by atoms with Crippen LogP contribution in [0.5, 0.6) is 0 Å². The van der Waals surface area contributed by atoms with Crippen molar-refractivity contribution in [3.05, 3.63) is 40.1 Å². The van der Waals surface area contributed by atoms with Gasteiger partial charge in [-0.1, -0.05) is 35.5 Å². The van der Waals surface area contributed by atoms with Crippen LogP contribution in [0.3, 0.4) is 0 Å². The maximum absolute atomic E-state index is 9.12. The highest BCUT2D eigenvalue weighted by atomic mass is 35.5. The highest BCUT2D eigenvalue weighted by Crippen LogP contribution is 2.22. The van der Waals surface area contributed by atoms with Crippen LogP contribution in [0.15, 0.2) is 29.4 Å². The monoisotopic (exact) mass is 371 g/mol. The molecule has 1 aromatic carbocycles. The van der Waals surface area contributed by atoms with Crippen molar-refractivity contribution in [2.24, 2.45) is 0 Å². The van der Waals surface area contributed by atoms with Crippen molar-refractivity contribution >= 4 is 48.0 Å². The van der Waals surface area contributed by atoms with E-state index in [9.17, 15) is 0 Å². The van der Waals surface area contributed by atoms with Gasteiger partial charge >= 0.3 is 7.05 Å². The van der Waals surface area contributed by atoms with Crippen molar-refractivity contribution in [3.63, 3.8) is 0 Å². The van der Waals surface area contributed by atoms with E-state index in [0.717, 1.165) is 5.56 Å². The number of thioether (sulfide) groups is 1. The molecule has 0 radical (unpaired) electrons. The van der Waals surface area contributed by atoms with Gasteiger partial charge in [0.2, 0.25) is 11.2 Å². The van der Waals surface area contributed by atoms with E-state index in [1.54, 1.807) is 6.82 Å². The van der Waals surface area contributed by atoms with Gasteiger partial charge < -0.3 is 15.6 Å². The zero-order valence-corrected chi connectivity index (χ0v) is 14.8. The Morgan fingerprint density at radius 2 is 1.87 bits per heavy atom. The van der Waals surface area contributed by atoms with Gasteiger partial charge in [0, 0.05) is 23.9 Å². The smallest absolute Gasteiger partial charge is 0.373 e. The molecule has 0 spiro atoms. The molecule has 0 saturated carbocycles. The Hall–Kier alpha value is -1.06. The quantitative estimate of drug-likeness (QED) is 0.373. The molecule has 2 aromatic rings. The molecular formula is C13H16BCl2N5OS. The first-order valence-corrected chi connectivity index (χ1v) is 8.71. The summed E-state index contributed by atoms with van der Waals surface area (Å²) in [7, 11) is -0.552. The van der Waals surface area contributed by atoms with Crippen LogP contribution >= 0.6 is 35.0 Å². The number of anilines is 1. The summed E-state index contributed by atoms with van der Waals surface area (Å²) in [5, 5.41) is 16.4. The maximum Gasteiger partial charge on any atom is 0.373 e. The third-order valence-corrected chi connectivity index (χ3v) is 4.06. The fourth-order valence-electron chi connectivity index (χ4n) is 1.66. The number of nitrogens with zero attached hydrogens (tertiary/aromatic N) is 3. The van der Waals surface area contributed by atoms with Crippen LogP contribution in [-0.2, 0) is 5.75 Å². The zero-order chi connectivity index (χ0) is 16.7. The molecule has 2 rings (SSSR count). The highest BCUT2D eigenvalue weighted by molar-refractivity contribution is 7.98. The van der Waals surface area contributed by atoms with Crippen molar-refractivity contribution in [3.8, 4) is 0 Å². The van der Waals surface area contributed by atoms with Gasteiger partial charge in [-0.3, -0.25) is 0 Å². The molecule has 1 aromatic heterocycles. The van der Waals surface area contributed by atoms with E-state index >= 15 is 0 Å². The van der Waals surface area contributed by atoms with E-state index in [1.807, 2.05) is 24.3 Å². The number of halogens is 2. The van der Waals surface area contributed by atoms with Crippen LogP contribution in [0.1, 0.15) is 5.56 Å². The van der Waals surface area contributed by atoms with Gasteiger partial charge in [-0.25, -0.2) is 0 Å². The average molecular weight is 372 g/mol. The second-order valence-corrected chi connectivity index (χ2v) is 6.40. The number of nitrogens with one attached hydrogen (secondary N) is 2. The molecule has 0 fully saturated rings. The molecule has 0 atom stereocenters. The summed E-state index contributed by atoms with van der Waals surface area (Å²) in [6, 6.07) is 7.61. The highest BCUT2D eigenvalue weighted by Gasteiger charge is 2.07. The molecule has 0 aliphatic rings. The molecule has 0 aliphatic heterocycles. The Kier molecular flexibility index (Phi) is 7.39. The summed E-state index contributed by atoms with van der Waals surface area (Å²) in [5.74, 6) is 1.12. The van der Waals surface area contributed by atoms with Gasteiger partial charge in [0.15, 0.2) is 5.16 Å². The van der Waals surface area contributed by atoms with E-state index < -0.39 is 7.05 Å². The normalized spacial score (nSPS) is 10.6. The lowest BCUT2D eigenvalue weighted by Gasteiger charge is -2.08. The Balaban J connectivity index is 1.90. The van der Waals surface area contributed by atoms with Crippen molar-refractivity contribution in [2.45, 2.75) is 17.7 Å². The van der Waals surface area contributed by atoms with Gasteiger partial charge in [-0.05, 0) is 36.1 Å². The summed E-state index contributed by atoms with van der Waals surface area (Å²) in [5.41, 5.74) is 1.12. The topological polar surface area (TPSA) is 83.0 Å². The third kappa shape index (κ3) is 6.93. The first-order valence-electron chi connectivity index (χ1n) is 6.97. The predicted molar refractivity (Wildman–Crippen MR) is 96.2 cm³/mol. The lowest BCUT2D eigenvalue weighted by Crippen LogP contribution is -2.34. The molecular weight excluding hydrogens is 356 g/mol. The second-order valence-electron chi connectivity index (χ2n) is 4.68. The standard InChI is InChI=1S/C13H16BCl2N5OS/c1-14(22)18-7-6-17-12-19-11(16)20-13(21-12)23-8-9-2-4-10(15)5-3-9/h2-5,18,22H,6-8H2,1H3,(H,17,19,20,21). The summed E-state index contributed by atoms with van der Waals surface area (Å²) in [4.78, 5) is 12.4. The first-order chi connectivity index (χ1) is 11.0. The van der Waals surface area contributed by atoms with Crippen LogP contribution in [0.25, 0.3) is 0 Å². The summed E-state index contributed by atoms with van der Waals surface area (Å²) in [6.45, 7) is 2.80. The molecule has 0 amide bonds. The molecule has 6 nitrogen and oxygen atoms in total. The van der Waals surface area contributed by atoms with Crippen molar-refractivity contribution in [1.29, 1.82) is 0 Å². The number of hydrogen-bond donors (Lipinski definition) is 3. The van der Waals surface area contributed by atoms with Gasteiger partial charge in [-0.2, -0.15) is 15.0 Å². The van der Waals surface area contributed by atoms with Gasteiger partial charge in [0.05, 0.1) is 0 Å². The van der Waals surface area contributed by atoms with Crippen LogP contribution in [-0.4, -0.2) is 40.1 Å². The van der Waals surface area contributed by atoms with Gasteiger partial charge in [0.25, 0.3) is 0 Å². The maximum atomic E-state index is 9.12. The minimum atomic E-state index is -0.552. The van der Waals surface area contributed by atoms with Crippen LogP contribution in [0, 0.1) is 0 Å². The van der Waals surface area contributed by atoms with E-state index in [4.69, 9.17) is 28.2 Å². The van der Waals surface area contributed by atoms with Crippen LogP contribution in [0.4, 0.5) is 5.95 Å². The fraction of sp³-hybridized carbons (Fsp3) is 0.308. The van der Waals surface area contributed by atoms with Crippen LogP contribution in [0.2, 0.25) is 17.1 Å². The molecule has 23 heavy (non-hydrogen) atoms. The lowest BCUT2D eigenvalue weighted by atomic mass is 9.89. The van der Waals surface area contributed by atoms with Crippen LogP contribution < -0.4 is 10.5 Å². The molecule has 0 aliphatic carbocycles. The predicted octanol–water partition coefficient (Wildman–Crippen LogP) is 2.58. The number of hydrogen-bond acceptors (Lipinski definition) is 7. The third-order valence-electron chi connectivity index (χ3n) is 2.72. The lowest BCUT2D eigenvalue weighted by molar-refractivity contribution is 0.556. The molecule has 1 heterocycles. The minimum absolute atomic E-state index is 0.143. The van der Waals surface area contributed by atoms with E-state index in [0.29, 0.717) is 35.0 Å². The van der Waals surface area contributed by atoms with Crippen molar-refractivity contribution in [2.75, 3.05) is 18.4 Å². The summed E-state index contributed by atoms with van der Waals surface area (Å²) < 4.78 is 0. The Labute approximate surface area is 149 Å². The largest absolute Gasteiger partial charge is 0.437 e. The number of benzene rings is 1. The average Bonchev–Trinajstić information content (AvgIpc) is 2.50. The summed E-state index contributed by atoms with van der Waals surface area (Å²) >= 11 is 13.3. The number of aromatic nitrogens is 3. The van der Waals surface area contributed by atoms with E-state index in [-0.39, 0.29) is 5.28 Å². The van der Waals surface area contributed by atoms with Gasteiger partial charge in [0.1, 0.15) is 0 Å². The Bertz CT molecular complexity index is 632. The molecule has 3 N–H and O–H groups in total. The fourth-order valence-corrected chi connectivity index (χ4v) is 2.79.